The number of aliphatic hydroxyl groups excluding tert-OH is 2. The molecule has 120 valence electrons. The molecule has 6 nitrogen and oxygen atoms in total. The summed E-state index contributed by atoms with van der Waals surface area (Å²) >= 11 is 1.42. The Kier molecular flexibility index (Phi) is 4.00. The Bertz CT molecular complexity index is 779. The summed E-state index contributed by atoms with van der Waals surface area (Å²) in [5.74, 6) is 0.157. The van der Waals surface area contributed by atoms with Gasteiger partial charge in [0.1, 0.15) is 5.75 Å². The summed E-state index contributed by atoms with van der Waals surface area (Å²) < 4.78 is 17.8. The molecule has 23 heavy (non-hydrogen) atoms. The van der Waals surface area contributed by atoms with Gasteiger partial charge in [-0.3, -0.25) is 0 Å². The van der Waals surface area contributed by atoms with Crippen molar-refractivity contribution < 1.29 is 24.3 Å². The Morgan fingerprint density at radius 1 is 1.13 bits per heavy atom. The highest BCUT2D eigenvalue weighted by molar-refractivity contribution is 7.28. The first-order chi connectivity index (χ1) is 11.0. The van der Waals surface area contributed by atoms with E-state index in [1.165, 1.54) is 28.6 Å². The number of aliphatic hydroxyl groups is 2. The van der Waals surface area contributed by atoms with Crippen molar-refractivity contribution in [1.29, 1.82) is 0 Å². The normalized spacial score (nSPS) is 19.8. The van der Waals surface area contributed by atoms with Crippen molar-refractivity contribution in [3.8, 4) is 5.75 Å². The van der Waals surface area contributed by atoms with Gasteiger partial charge in [0.15, 0.2) is 0 Å². The third-order valence-corrected chi connectivity index (χ3v) is 4.47. The van der Waals surface area contributed by atoms with E-state index < -0.39 is 7.12 Å². The minimum absolute atomic E-state index is 0.304. The molecule has 0 atom stereocenters. The first kappa shape index (κ1) is 15.4. The van der Waals surface area contributed by atoms with Crippen LogP contribution in [0.1, 0.15) is 5.56 Å². The van der Waals surface area contributed by atoms with Crippen molar-refractivity contribution in [3.63, 3.8) is 0 Å². The number of hydrogen-bond donors (Lipinski definition) is 2. The maximum Gasteiger partial charge on any atom is 0.647 e. The van der Waals surface area contributed by atoms with Crippen LogP contribution in [0.2, 0.25) is 0 Å². The lowest BCUT2D eigenvalue weighted by Crippen LogP contribution is -2.36. The van der Waals surface area contributed by atoms with Gasteiger partial charge < -0.3 is 29.2 Å². The van der Waals surface area contributed by atoms with Gasteiger partial charge in [0.05, 0.1) is 29.0 Å². The van der Waals surface area contributed by atoms with Crippen molar-refractivity contribution in [2.24, 2.45) is 0 Å². The van der Waals surface area contributed by atoms with E-state index in [4.69, 9.17) is 14.0 Å². The van der Waals surface area contributed by atoms with Gasteiger partial charge in [-0.05, 0) is 30.0 Å². The van der Waals surface area contributed by atoms with Crippen LogP contribution in [0.3, 0.4) is 0 Å². The molecule has 0 bridgehead atoms. The summed E-state index contributed by atoms with van der Waals surface area (Å²) in [6.45, 7) is 1.99. The fraction of sp³-hybridized carbons (Fsp3) is 0.200. The van der Waals surface area contributed by atoms with E-state index in [0.29, 0.717) is 4.78 Å². The summed E-state index contributed by atoms with van der Waals surface area (Å²) in [4.78, 5) is 1.43. The first-order valence-electron chi connectivity index (χ1n) is 6.91. The fourth-order valence-corrected chi connectivity index (χ4v) is 3.45. The monoisotopic (exact) mass is 333 g/mol. The molecule has 1 aliphatic heterocycles. The van der Waals surface area contributed by atoms with Crippen LogP contribution in [0.25, 0.3) is 10.1 Å². The lowest BCUT2D eigenvalue weighted by atomic mass is 9.87. The second kappa shape index (κ2) is 5.96. The largest absolute Gasteiger partial charge is 0.647 e. The molecule has 0 radical (unpaired) electrons. The Labute approximate surface area is 138 Å². The SMILES string of the molecule is COc1cc(C)cc2cc(B3O/C(O)=C\N(C)/C=C(/O)O3)sc12. The predicted molar refractivity (Wildman–Crippen MR) is 89.9 cm³/mol. The van der Waals surface area contributed by atoms with E-state index in [1.54, 1.807) is 14.2 Å². The highest BCUT2D eigenvalue weighted by atomic mass is 32.1. The van der Waals surface area contributed by atoms with Crippen LogP contribution in [0.4, 0.5) is 0 Å². The standard InChI is InChI=1S/C15H16BNO5S/c1-9-4-10-6-12(23-15(10)11(5-9)20-3)16-21-13(18)7-17(2)8-14(19)22-16/h4-8,18-19H,1-3H3/b13-7-,14-8-. The number of fused-ring (bicyclic) bond motifs is 1. The number of ether oxygens (including phenoxy) is 1. The average molecular weight is 333 g/mol. The zero-order valence-corrected chi connectivity index (χ0v) is 13.8. The zero-order valence-electron chi connectivity index (χ0n) is 12.9. The molecular formula is C15H16BNO5S. The molecule has 0 unspecified atom stereocenters. The second-order valence-corrected chi connectivity index (χ2v) is 6.29. The molecule has 2 N–H and O–H groups in total. The first-order valence-corrected chi connectivity index (χ1v) is 7.73. The topological polar surface area (TPSA) is 71.4 Å². The molecule has 1 aromatic heterocycles. The van der Waals surface area contributed by atoms with Crippen LogP contribution in [-0.2, 0) is 9.31 Å². The molecule has 1 aromatic carbocycles. The molecule has 3 rings (SSSR count). The van der Waals surface area contributed by atoms with Crippen LogP contribution in [0, 0.1) is 6.92 Å². The van der Waals surface area contributed by atoms with Crippen LogP contribution < -0.4 is 9.51 Å². The molecule has 2 heterocycles. The van der Waals surface area contributed by atoms with E-state index >= 15 is 0 Å². The Morgan fingerprint density at radius 3 is 2.39 bits per heavy atom. The molecule has 0 fully saturated rings. The summed E-state index contributed by atoms with van der Waals surface area (Å²) in [6.07, 6.45) is 2.67. The van der Waals surface area contributed by atoms with Crippen molar-refractivity contribution in [2.75, 3.05) is 14.2 Å². The Balaban J connectivity index is 2.02. The van der Waals surface area contributed by atoms with E-state index in [-0.39, 0.29) is 11.9 Å². The van der Waals surface area contributed by atoms with Crippen molar-refractivity contribution in [3.05, 3.63) is 48.1 Å². The third kappa shape index (κ3) is 3.17. The lowest BCUT2D eigenvalue weighted by molar-refractivity contribution is 0.125. The second-order valence-electron chi connectivity index (χ2n) is 5.20. The number of nitrogens with zero attached hydrogens (tertiary/aromatic N) is 1. The molecule has 2 aromatic rings. The van der Waals surface area contributed by atoms with Crippen LogP contribution >= 0.6 is 11.3 Å². The van der Waals surface area contributed by atoms with Gasteiger partial charge in [-0.25, -0.2) is 0 Å². The maximum absolute atomic E-state index is 9.81. The summed E-state index contributed by atoms with van der Waals surface area (Å²) in [5.41, 5.74) is 1.07. The third-order valence-electron chi connectivity index (χ3n) is 3.28. The van der Waals surface area contributed by atoms with E-state index in [1.807, 2.05) is 25.1 Å². The van der Waals surface area contributed by atoms with E-state index in [9.17, 15) is 10.2 Å². The Morgan fingerprint density at radius 2 is 1.78 bits per heavy atom. The average Bonchev–Trinajstić information content (AvgIpc) is 2.87. The van der Waals surface area contributed by atoms with Gasteiger partial charge >= 0.3 is 7.12 Å². The van der Waals surface area contributed by atoms with Crippen molar-refractivity contribution >= 4 is 33.3 Å². The molecule has 0 spiro atoms. The lowest BCUT2D eigenvalue weighted by Gasteiger charge is -2.19. The summed E-state index contributed by atoms with van der Waals surface area (Å²) in [5, 5.41) is 20.6. The van der Waals surface area contributed by atoms with Gasteiger partial charge in [0.2, 0.25) is 0 Å². The number of benzene rings is 1. The molecule has 1 aliphatic rings. The highest BCUT2D eigenvalue weighted by Crippen LogP contribution is 2.31. The van der Waals surface area contributed by atoms with Crippen molar-refractivity contribution in [2.45, 2.75) is 6.92 Å². The molecule has 0 aliphatic carbocycles. The molecule has 0 saturated heterocycles. The number of thiophene rings is 1. The van der Waals surface area contributed by atoms with Gasteiger partial charge in [0, 0.05) is 7.05 Å². The fourth-order valence-electron chi connectivity index (χ4n) is 2.36. The van der Waals surface area contributed by atoms with E-state index in [2.05, 4.69) is 0 Å². The van der Waals surface area contributed by atoms with Crippen molar-refractivity contribution in [1.82, 2.24) is 4.90 Å². The number of aryl methyl sites for hydroxylation is 1. The van der Waals surface area contributed by atoms with Gasteiger partial charge in [-0.2, -0.15) is 0 Å². The smallest absolute Gasteiger partial charge is 0.495 e. The van der Waals surface area contributed by atoms with Crippen LogP contribution in [0.15, 0.2) is 42.5 Å². The number of methoxy groups -OCH3 is 1. The summed E-state index contributed by atoms with van der Waals surface area (Å²) in [7, 11) is 2.31. The van der Waals surface area contributed by atoms with Gasteiger partial charge in [-0.1, -0.05) is 6.07 Å². The van der Waals surface area contributed by atoms with Gasteiger partial charge in [-0.15, -0.1) is 11.3 Å². The van der Waals surface area contributed by atoms with Gasteiger partial charge in [0.25, 0.3) is 11.9 Å². The minimum atomic E-state index is -0.946. The van der Waals surface area contributed by atoms with Crippen LogP contribution in [0.5, 0.6) is 5.75 Å². The molecule has 0 amide bonds. The highest BCUT2D eigenvalue weighted by Gasteiger charge is 2.32. The Hall–Kier alpha value is -2.48. The minimum Gasteiger partial charge on any atom is -0.495 e. The van der Waals surface area contributed by atoms with Crippen LogP contribution in [-0.4, -0.2) is 36.4 Å². The zero-order chi connectivity index (χ0) is 16.6. The quantitative estimate of drug-likeness (QED) is 0.823. The summed E-state index contributed by atoms with van der Waals surface area (Å²) in [6, 6.07) is 5.87. The molecular weight excluding hydrogens is 317 g/mol. The van der Waals surface area contributed by atoms with E-state index in [0.717, 1.165) is 21.4 Å². The molecule has 0 saturated carbocycles. The number of rotatable bonds is 2. The molecule has 8 heteroatoms. The maximum atomic E-state index is 9.81. The number of hydrogen-bond acceptors (Lipinski definition) is 7. The predicted octanol–water partition coefficient (Wildman–Crippen LogP) is 2.61.